The molecular weight excluding hydrogens is 494 g/mol. The number of aryl methyl sites for hydroxylation is 1. The predicted octanol–water partition coefficient (Wildman–Crippen LogP) is 7.47. The van der Waals surface area contributed by atoms with Crippen LogP contribution in [0.25, 0.3) is 6.08 Å². The summed E-state index contributed by atoms with van der Waals surface area (Å²) in [5.74, 6) is 1.32. The molecule has 1 heterocycles. The first kappa shape index (κ1) is 25.9. The first-order valence-corrected chi connectivity index (χ1v) is 13.0. The van der Waals surface area contributed by atoms with Crippen LogP contribution in [0, 0.1) is 6.92 Å². The Bertz CT molecular complexity index is 1290. The Morgan fingerprint density at radius 3 is 2.47 bits per heavy atom. The van der Waals surface area contributed by atoms with E-state index in [1.54, 1.807) is 18.2 Å². The summed E-state index contributed by atoms with van der Waals surface area (Å²) in [6, 6.07) is 21.2. The van der Waals surface area contributed by atoms with E-state index in [-0.39, 0.29) is 24.3 Å². The summed E-state index contributed by atoms with van der Waals surface area (Å²) in [7, 11) is 0. The second-order valence-electron chi connectivity index (χ2n) is 8.84. The molecule has 0 aliphatic carbocycles. The van der Waals surface area contributed by atoms with Crippen LogP contribution in [0.1, 0.15) is 42.0 Å². The van der Waals surface area contributed by atoms with Crippen LogP contribution in [-0.2, 0) is 11.4 Å². The van der Waals surface area contributed by atoms with Gasteiger partial charge in [0.2, 0.25) is 0 Å². The van der Waals surface area contributed by atoms with E-state index in [1.807, 2.05) is 49.4 Å². The van der Waals surface area contributed by atoms with Crippen molar-refractivity contribution in [2.45, 2.75) is 33.3 Å². The van der Waals surface area contributed by atoms with Gasteiger partial charge in [-0.2, -0.15) is 0 Å². The number of nitrogens with zero attached hydrogens (tertiary/aromatic N) is 1. The number of thioether (sulfide) groups is 1. The second-order valence-corrected chi connectivity index (χ2v) is 10.2. The lowest BCUT2D eigenvalue weighted by Crippen LogP contribution is -2.32. The van der Waals surface area contributed by atoms with Gasteiger partial charge in [0.1, 0.15) is 24.7 Å². The van der Waals surface area contributed by atoms with Crippen molar-refractivity contribution in [2.75, 3.05) is 13.2 Å². The zero-order valence-corrected chi connectivity index (χ0v) is 22.1. The van der Waals surface area contributed by atoms with Crippen molar-refractivity contribution in [3.63, 3.8) is 0 Å². The molecular formula is C29H28ClNO4S. The Balaban J connectivity index is 1.38. The first-order valence-electron chi connectivity index (χ1n) is 11.8. The standard InChI is InChI=1S/C29H28ClNO4S/c1-19(2)23-11-9-20(3)15-26(23)34-14-13-31-28(32)27(36-29(31)33)17-22-10-12-25(24(30)16-22)35-18-21-7-5-4-6-8-21/h4-12,15-17,19H,13-14,18H2,1-3H3/b27-17-. The SMILES string of the molecule is Cc1ccc(C(C)C)c(OCCN2C(=O)S/C(=C\c3ccc(OCc4ccccc4)c(Cl)c3)C2=O)c1. The van der Waals surface area contributed by atoms with Gasteiger partial charge in [-0.25, -0.2) is 0 Å². The van der Waals surface area contributed by atoms with Gasteiger partial charge in [0.05, 0.1) is 16.5 Å². The number of amides is 2. The third-order valence-electron chi connectivity index (χ3n) is 5.73. The van der Waals surface area contributed by atoms with Crippen molar-refractivity contribution in [1.82, 2.24) is 4.90 Å². The molecule has 1 aliphatic heterocycles. The molecule has 3 aromatic rings. The normalized spacial score (nSPS) is 14.7. The largest absolute Gasteiger partial charge is 0.491 e. The summed E-state index contributed by atoms with van der Waals surface area (Å²) in [5, 5.41) is 0.128. The zero-order valence-electron chi connectivity index (χ0n) is 20.5. The molecule has 0 atom stereocenters. The lowest BCUT2D eigenvalue weighted by atomic mass is 10.0. The molecule has 0 spiro atoms. The highest BCUT2D eigenvalue weighted by atomic mass is 35.5. The van der Waals surface area contributed by atoms with Gasteiger partial charge in [0.15, 0.2) is 0 Å². The van der Waals surface area contributed by atoms with E-state index in [4.69, 9.17) is 21.1 Å². The fourth-order valence-electron chi connectivity index (χ4n) is 3.79. The number of rotatable bonds is 9. The van der Waals surface area contributed by atoms with Gasteiger partial charge in [0.25, 0.3) is 11.1 Å². The molecule has 0 N–H and O–H groups in total. The van der Waals surface area contributed by atoms with Crippen molar-refractivity contribution >= 4 is 40.6 Å². The van der Waals surface area contributed by atoms with E-state index < -0.39 is 0 Å². The molecule has 1 aliphatic rings. The molecule has 0 bridgehead atoms. The van der Waals surface area contributed by atoms with E-state index in [9.17, 15) is 9.59 Å². The van der Waals surface area contributed by atoms with Gasteiger partial charge in [-0.3, -0.25) is 14.5 Å². The Morgan fingerprint density at radius 1 is 0.972 bits per heavy atom. The van der Waals surface area contributed by atoms with Crippen LogP contribution in [0.15, 0.2) is 71.6 Å². The molecule has 186 valence electrons. The molecule has 0 aromatic heterocycles. The quantitative estimate of drug-likeness (QED) is 0.273. The molecule has 0 radical (unpaired) electrons. The zero-order chi connectivity index (χ0) is 25.7. The maximum Gasteiger partial charge on any atom is 0.293 e. The van der Waals surface area contributed by atoms with Crippen molar-refractivity contribution in [3.8, 4) is 11.5 Å². The molecule has 0 saturated carbocycles. The van der Waals surface area contributed by atoms with Crippen molar-refractivity contribution < 1.29 is 19.1 Å². The van der Waals surface area contributed by atoms with Crippen molar-refractivity contribution in [3.05, 3.63) is 98.9 Å². The van der Waals surface area contributed by atoms with Gasteiger partial charge in [0, 0.05) is 0 Å². The first-order chi connectivity index (χ1) is 17.3. The topological polar surface area (TPSA) is 55.8 Å². The summed E-state index contributed by atoms with van der Waals surface area (Å²) in [6.45, 7) is 7.03. The molecule has 2 amide bonds. The fraction of sp³-hybridized carbons (Fsp3) is 0.241. The molecule has 0 unspecified atom stereocenters. The van der Waals surface area contributed by atoms with Crippen LogP contribution in [0.2, 0.25) is 5.02 Å². The Hall–Kier alpha value is -3.22. The molecule has 7 heteroatoms. The fourth-order valence-corrected chi connectivity index (χ4v) is 4.90. The maximum atomic E-state index is 12.9. The highest BCUT2D eigenvalue weighted by Crippen LogP contribution is 2.34. The Labute approximate surface area is 221 Å². The average molecular weight is 522 g/mol. The highest BCUT2D eigenvalue weighted by molar-refractivity contribution is 8.18. The van der Waals surface area contributed by atoms with Crippen LogP contribution in [0.5, 0.6) is 11.5 Å². The van der Waals surface area contributed by atoms with Crippen LogP contribution >= 0.6 is 23.4 Å². The van der Waals surface area contributed by atoms with Gasteiger partial charge in [-0.1, -0.05) is 74.0 Å². The Morgan fingerprint density at radius 2 is 1.75 bits per heavy atom. The summed E-state index contributed by atoms with van der Waals surface area (Å²) in [5.41, 5.74) is 3.95. The smallest absolute Gasteiger partial charge is 0.293 e. The molecule has 5 nitrogen and oxygen atoms in total. The van der Waals surface area contributed by atoms with E-state index in [2.05, 4.69) is 26.0 Å². The number of imide groups is 1. The maximum absolute atomic E-state index is 12.9. The molecule has 4 rings (SSSR count). The minimum absolute atomic E-state index is 0.181. The Kier molecular flexibility index (Phi) is 8.39. The molecule has 3 aromatic carbocycles. The van der Waals surface area contributed by atoms with Crippen LogP contribution in [0.4, 0.5) is 4.79 Å². The van der Waals surface area contributed by atoms with E-state index in [0.717, 1.165) is 39.8 Å². The number of halogens is 1. The minimum Gasteiger partial charge on any atom is -0.491 e. The number of carbonyl (C=O) groups excluding carboxylic acids is 2. The number of ether oxygens (including phenoxy) is 2. The van der Waals surface area contributed by atoms with Gasteiger partial charge in [-0.15, -0.1) is 0 Å². The minimum atomic E-state index is -0.331. The van der Waals surface area contributed by atoms with Crippen LogP contribution in [0.3, 0.4) is 0 Å². The molecule has 36 heavy (non-hydrogen) atoms. The summed E-state index contributed by atoms with van der Waals surface area (Å²) in [4.78, 5) is 27.0. The van der Waals surface area contributed by atoms with E-state index in [1.165, 1.54) is 4.90 Å². The molecule has 1 saturated heterocycles. The molecule has 1 fully saturated rings. The monoisotopic (exact) mass is 521 g/mol. The lowest BCUT2D eigenvalue weighted by molar-refractivity contribution is -0.123. The van der Waals surface area contributed by atoms with Crippen molar-refractivity contribution in [2.24, 2.45) is 0 Å². The van der Waals surface area contributed by atoms with Gasteiger partial charge in [-0.05, 0) is 71.1 Å². The van der Waals surface area contributed by atoms with E-state index in [0.29, 0.717) is 28.2 Å². The third-order valence-corrected chi connectivity index (χ3v) is 6.93. The summed E-state index contributed by atoms with van der Waals surface area (Å²) < 4.78 is 11.8. The summed E-state index contributed by atoms with van der Waals surface area (Å²) in [6.07, 6.45) is 1.68. The van der Waals surface area contributed by atoms with Gasteiger partial charge >= 0.3 is 0 Å². The number of hydrogen-bond acceptors (Lipinski definition) is 5. The lowest BCUT2D eigenvalue weighted by Gasteiger charge is -2.17. The van der Waals surface area contributed by atoms with E-state index >= 15 is 0 Å². The highest BCUT2D eigenvalue weighted by Gasteiger charge is 2.34. The van der Waals surface area contributed by atoms with Crippen LogP contribution in [-0.4, -0.2) is 29.2 Å². The van der Waals surface area contributed by atoms with Gasteiger partial charge < -0.3 is 9.47 Å². The number of benzene rings is 3. The van der Waals surface area contributed by atoms with Crippen LogP contribution < -0.4 is 9.47 Å². The predicted molar refractivity (Wildman–Crippen MR) is 146 cm³/mol. The number of carbonyl (C=O) groups is 2. The average Bonchev–Trinajstić information content (AvgIpc) is 3.11. The third kappa shape index (κ3) is 6.31. The summed E-state index contributed by atoms with van der Waals surface area (Å²) >= 11 is 7.33. The second kappa shape index (κ2) is 11.7. The van der Waals surface area contributed by atoms with Crippen molar-refractivity contribution in [1.29, 1.82) is 0 Å². The number of hydrogen-bond donors (Lipinski definition) is 0.